The SMILES string of the molecule is [CH2]CCCN1CC=C(c2c[nH]c3ccccc23)CC1. The molecule has 1 radical (unpaired) electrons. The van der Waals surface area contributed by atoms with E-state index in [1.54, 1.807) is 0 Å². The molecular formula is C17H21N2. The fraction of sp³-hybridized carbons (Fsp3) is 0.353. The lowest BCUT2D eigenvalue weighted by molar-refractivity contribution is 0.298. The number of para-hydroxylation sites is 1. The van der Waals surface area contributed by atoms with Gasteiger partial charge in [-0.15, -0.1) is 0 Å². The first kappa shape index (κ1) is 12.5. The molecule has 0 fully saturated rings. The number of hydrogen-bond donors (Lipinski definition) is 1. The predicted molar refractivity (Wildman–Crippen MR) is 81.9 cm³/mol. The Bertz CT molecular complexity index is 580. The van der Waals surface area contributed by atoms with Crippen LogP contribution in [0.4, 0.5) is 0 Å². The second-order valence-electron chi connectivity index (χ2n) is 5.24. The average molecular weight is 253 g/mol. The van der Waals surface area contributed by atoms with Gasteiger partial charge in [-0.2, -0.15) is 0 Å². The highest BCUT2D eigenvalue weighted by molar-refractivity contribution is 5.92. The molecule has 2 heterocycles. The number of hydrogen-bond acceptors (Lipinski definition) is 1. The number of aromatic amines is 1. The van der Waals surface area contributed by atoms with Gasteiger partial charge >= 0.3 is 0 Å². The molecule has 1 aromatic carbocycles. The molecule has 0 amide bonds. The highest BCUT2D eigenvalue weighted by atomic mass is 15.1. The number of unbranched alkanes of at least 4 members (excludes halogenated alkanes) is 1. The fourth-order valence-electron chi connectivity index (χ4n) is 2.83. The molecule has 19 heavy (non-hydrogen) atoms. The molecular weight excluding hydrogens is 232 g/mol. The Morgan fingerprint density at radius 3 is 2.95 bits per heavy atom. The van der Waals surface area contributed by atoms with E-state index in [-0.39, 0.29) is 0 Å². The Morgan fingerprint density at radius 2 is 2.16 bits per heavy atom. The topological polar surface area (TPSA) is 19.0 Å². The van der Waals surface area contributed by atoms with Crippen molar-refractivity contribution in [3.05, 3.63) is 49.0 Å². The zero-order valence-corrected chi connectivity index (χ0v) is 11.4. The van der Waals surface area contributed by atoms with Gasteiger partial charge in [0, 0.05) is 35.8 Å². The highest BCUT2D eigenvalue weighted by Crippen LogP contribution is 2.29. The minimum Gasteiger partial charge on any atom is -0.361 e. The smallest absolute Gasteiger partial charge is 0.0460 e. The van der Waals surface area contributed by atoms with Gasteiger partial charge in [-0.05, 0) is 31.0 Å². The zero-order valence-electron chi connectivity index (χ0n) is 11.4. The van der Waals surface area contributed by atoms with Gasteiger partial charge in [0.2, 0.25) is 0 Å². The van der Waals surface area contributed by atoms with E-state index in [0.29, 0.717) is 0 Å². The Kier molecular flexibility index (Phi) is 3.69. The van der Waals surface area contributed by atoms with Crippen molar-refractivity contribution < 1.29 is 0 Å². The number of nitrogens with zero attached hydrogens (tertiary/aromatic N) is 1. The van der Waals surface area contributed by atoms with Gasteiger partial charge < -0.3 is 4.98 Å². The summed E-state index contributed by atoms with van der Waals surface area (Å²) < 4.78 is 0. The molecule has 1 N–H and O–H groups in total. The molecule has 0 bridgehead atoms. The largest absolute Gasteiger partial charge is 0.361 e. The van der Waals surface area contributed by atoms with Crippen molar-refractivity contribution in [3.63, 3.8) is 0 Å². The molecule has 0 saturated heterocycles. The normalized spacial score (nSPS) is 16.8. The lowest BCUT2D eigenvalue weighted by Gasteiger charge is -2.26. The first-order valence-corrected chi connectivity index (χ1v) is 7.15. The monoisotopic (exact) mass is 253 g/mol. The Balaban J connectivity index is 1.78. The molecule has 0 spiro atoms. The van der Waals surface area contributed by atoms with Crippen LogP contribution in [-0.2, 0) is 0 Å². The van der Waals surface area contributed by atoms with E-state index in [1.807, 2.05) is 0 Å². The molecule has 3 rings (SSSR count). The summed E-state index contributed by atoms with van der Waals surface area (Å²) in [6, 6.07) is 8.54. The molecule has 1 aromatic heterocycles. The van der Waals surface area contributed by atoms with Crippen LogP contribution in [0.15, 0.2) is 36.5 Å². The van der Waals surface area contributed by atoms with Crippen molar-refractivity contribution in [1.29, 1.82) is 0 Å². The Labute approximate surface area is 115 Å². The molecule has 1 aliphatic rings. The molecule has 1 aliphatic heterocycles. The minimum absolute atomic E-state index is 1.04. The van der Waals surface area contributed by atoms with Crippen molar-refractivity contribution >= 4 is 16.5 Å². The van der Waals surface area contributed by atoms with Crippen molar-refractivity contribution in [3.8, 4) is 0 Å². The summed E-state index contributed by atoms with van der Waals surface area (Å²) in [5, 5.41) is 1.35. The lowest BCUT2D eigenvalue weighted by atomic mass is 9.99. The third-order valence-electron chi connectivity index (χ3n) is 3.95. The van der Waals surface area contributed by atoms with E-state index in [1.165, 1.54) is 41.5 Å². The van der Waals surface area contributed by atoms with E-state index in [9.17, 15) is 0 Å². The molecule has 0 unspecified atom stereocenters. The van der Waals surface area contributed by atoms with Crippen LogP contribution < -0.4 is 0 Å². The number of benzene rings is 1. The Hall–Kier alpha value is -1.54. The highest BCUT2D eigenvalue weighted by Gasteiger charge is 2.14. The number of fused-ring (bicyclic) bond motifs is 1. The summed E-state index contributed by atoms with van der Waals surface area (Å²) in [6.45, 7) is 7.35. The minimum atomic E-state index is 1.04. The van der Waals surface area contributed by atoms with Gasteiger partial charge in [0.05, 0.1) is 0 Å². The van der Waals surface area contributed by atoms with Gasteiger partial charge in [0.1, 0.15) is 0 Å². The first-order chi connectivity index (χ1) is 9.38. The lowest BCUT2D eigenvalue weighted by Crippen LogP contribution is -2.29. The van der Waals surface area contributed by atoms with Crippen LogP contribution in [0.3, 0.4) is 0 Å². The number of nitrogens with one attached hydrogen (secondary N) is 1. The van der Waals surface area contributed by atoms with E-state index < -0.39 is 0 Å². The van der Waals surface area contributed by atoms with Gasteiger partial charge in [-0.1, -0.05) is 37.6 Å². The van der Waals surface area contributed by atoms with Gasteiger partial charge in [0.15, 0.2) is 0 Å². The number of rotatable bonds is 4. The number of aromatic nitrogens is 1. The first-order valence-electron chi connectivity index (χ1n) is 7.15. The van der Waals surface area contributed by atoms with Crippen LogP contribution in [0.5, 0.6) is 0 Å². The summed E-state index contributed by atoms with van der Waals surface area (Å²) in [5.41, 5.74) is 4.11. The van der Waals surface area contributed by atoms with Gasteiger partial charge in [0.25, 0.3) is 0 Å². The molecule has 0 saturated carbocycles. The van der Waals surface area contributed by atoms with Crippen LogP contribution in [0.25, 0.3) is 16.5 Å². The third-order valence-corrected chi connectivity index (χ3v) is 3.95. The van der Waals surface area contributed by atoms with Gasteiger partial charge in [-0.25, -0.2) is 0 Å². The van der Waals surface area contributed by atoms with Crippen molar-refractivity contribution in [1.82, 2.24) is 9.88 Å². The maximum atomic E-state index is 3.91. The van der Waals surface area contributed by atoms with Crippen molar-refractivity contribution in [2.24, 2.45) is 0 Å². The summed E-state index contributed by atoms with van der Waals surface area (Å²) in [7, 11) is 0. The second-order valence-corrected chi connectivity index (χ2v) is 5.24. The maximum absolute atomic E-state index is 3.91. The van der Waals surface area contributed by atoms with Crippen molar-refractivity contribution in [2.45, 2.75) is 19.3 Å². The molecule has 2 aromatic rings. The summed E-state index contributed by atoms with van der Waals surface area (Å²) in [4.78, 5) is 5.89. The third kappa shape index (κ3) is 2.59. The van der Waals surface area contributed by atoms with Crippen LogP contribution in [0.2, 0.25) is 0 Å². The van der Waals surface area contributed by atoms with Gasteiger partial charge in [-0.3, -0.25) is 4.90 Å². The van der Waals surface area contributed by atoms with E-state index in [2.05, 4.69) is 53.3 Å². The van der Waals surface area contributed by atoms with E-state index in [4.69, 9.17) is 0 Å². The summed E-state index contributed by atoms with van der Waals surface area (Å²) in [6.07, 6.45) is 7.94. The summed E-state index contributed by atoms with van der Waals surface area (Å²) in [5.74, 6) is 0. The Morgan fingerprint density at radius 1 is 1.26 bits per heavy atom. The van der Waals surface area contributed by atoms with Crippen LogP contribution >= 0.6 is 0 Å². The molecule has 2 heteroatoms. The molecule has 99 valence electrons. The predicted octanol–water partition coefficient (Wildman–Crippen LogP) is 3.87. The van der Waals surface area contributed by atoms with E-state index >= 15 is 0 Å². The van der Waals surface area contributed by atoms with Crippen molar-refractivity contribution in [2.75, 3.05) is 19.6 Å². The van der Waals surface area contributed by atoms with Crippen LogP contribution in [0, 0.1) is 6.92 Å². The second kappa shape index (κ2) is 5.62. The van der Waals surface area contributed by atoms with Crippen LogP contribution in [0.1, 0.15) is 24.8 Å². The summed E-state index contributed by atoms with van der Waals surface area (Å²) >= 11 is 0. The van der Waals surface area contributed by atoms with E-state index in [0.717, 1.165) is 19.4 Å². The quantitative estimate of drug-likeness (QED) is 0.876. The maximum Gasteiger partial charge on any atom is 0.0460 e. The standard InChI is InChI=1S/C17H21N2/c1-2-3-10-19-11-8-14(9-12-19)16-13-18-17-7-5-4-6-15(16)17/h4-8,13,18H,1-3,9-12H2. The fourth-order valence-corrected chi connectivity index (χ4v) is 2.83. The average Bonchev–Trinajstić information content (AvgIpc) is 2.90. The van der Waals surface area contributed by atoms with Crippen LogP contribution in [-0.4, -0.2) is 29.5 Å². The molecule has 0 atom stereocenters. The zero-order chi connectivity index (χ0) is 13.1. The molecule has 0 aliphatic carbocycles. The number of H-pyrrole nitrogens is 1. The molecule has 2 nitrogen and oxygen atoms in total.